The van der Waals surface area contributed by atoms with Gasteiger partial charge in [-0.15, -0.1) is 24.0 Å². The predicted molar refractivity (Wildman–Crippen MR) is 99.0 cm³/mol. The minimum Gasteiger partial charge on any atom is -0.472 e. The second-order valence-electron chi connectivity index (χ2n) is 5.78. The van der Waals surface area contributed by atoms with Gasteiger partial charge in [0.15, 0.2) is 5.96 Å². The Bertz CT molecular complexity index is 478. The fraction of sp³-hybridized carbons (Fsp3) is 0.625. The topological polar surface area (TPSA) is 49.8 Å². The molecule has 2 fully saturated rings. The molecule has 1 aromatic heterocycles. The zero-order valence-corrected chi connectivity index (χ0v) is 15.4. The summed E-state index contributed by atoms with van der Waals surface area (Å²) in [5.74, 6) is 2.57. The number of guanidine groups is 1. The summed E-state index contributed by atoms with van der Waals surface area (Å²) in [6, 6.07) is 5.77. The van der Waals surface area contributed by atoms with E-state index in [0.29, 0.717) is 5.88 Å². The number of hydrogen-bond donors (Lipinski definition) is 1. The zero-order valence-electron chi connectivity index (χ0n) is 13.1. The van der Waals surface area contributed by atoms with Gasteiger partial charge in [0.25, 0.3) is 0 Å². The molecule has 1 atom stereocenters. The van der Waals surface area contributed by atoms with Crippen molar-refractivity contribution in [3.8, 4) is 5.88 Å². The van der Waals surface area contributed by atoms with Gasteiger partial charge in [-0.3, -0.25) is 4.99 Å². The van der Waals surface area contributed by atoms with E-state index in [-0.39, 0.29) is 30.1 Å². The van der Waals surface area contributed by atoms with Crippen molar-refractivity contribution in [1.82, 2.24) is 15.2 Å². The molecule has 1 saturated heterocycles. The molecule has 122 valence electrons. The van der Waals surface area contributed by atoms with Crippen molar-refractivity contribution in [2.75, 3.05) is 26.2 Å². The summed E-state index contributed by atoms with van der Waals surface area (Å²) in [7, 11) is 0. The van der Waals surface area contributed by atoms with Crippen LogP contribution in [0.5, 0.6) is 5.88 Å². The molecular formula is C16H25IN4O. The fourth-order valence-electron chi connectivity index (χ4n) is 2.55. The summed E-state index contributed by atoms with van der Waals surface area (Å²) >= 11 is 0. The van der Waals surface area contributed by atoms with Crippen molar-refractivity contribution in [2.24, 2.45) is 10.9 Å². The Labute approximate surface area is 149 Å². The van der Waals surface area contributed by atoms with Crippen LogP contribution >= 0.6 is 24.0 Å². The van der Waals surface area contributed by atoms with E-state index in [4.69, 9.17) is 9.73 Å². The molecule has 0 amide bonds. The number of halogens is 1. The molecule has 0 aromatic carbocycles. The van der Waals surface area contributed by atoms with E-state index in [2.05, 4.69) is 22.1 Å². The fourth-order valence-corrected chi connectivity index (χ4v) is 2.55. The first-order valence-corrected chi connectivity index (χ1v) is 7.96. The quantitative estimate of drug-likeness (QED) is 0.456. The van der Waals surface area contributed by atoms with Crippen LogP contribution in [-0.2, 0) is 0 Å². The standard InChI is InChI=1S/C16H24N4O.HI/c1-2-17-16(19-11-13-6-7-13)20-10-8-14(12-20)21-15-5-3-4-9-18-15;/h3-5,9,13-14H,2,6-8,10-12H2,1H3,(H,17,19);1H. The van der Waals surface area contributed by atoms with Gasteiger partial charge >= 0.3 is 0 Å². The predicted octanol–water partition coefficient (Wildman–Crippen LogP) is 2.53. The molecule has 3 rings (SSSR count). The number of likely N-dealkylation sites (tertiary alicyclic amines) is 1. The number of nitrogens with zero attached hydrogens (tertiary/aromatic N) is 3. The summed E-state index contributed by atoms with van der Waals surface area (Å²) in [4.78, 5) is 11.3. The van der Waals surface area contributed by atoms with Gasteiger partial charge in [-0.2, -0.15) is 0 Å². The molecule has 0 radical (unpaired) electrons. The minimum atomic E-state index is 0. The highest BCUT2D eigenvalue weighted by Gasteiger charge is 2.27. The highest BCUT2D eigenvalue weighted by molar-refractivity contribution is 14.0. The van der Waals surface area contributed by atoms with Crippen molar-refractivity contribution in [1.29, 1.82) is 0 Å². The van der Waals surface area contributed by atoms with Crippen LogP contribution in [0, 0.1) is 5.92 Å². The van der Waals surface area contributed by atoms with Gasteiger partial charge in [0.2, 0.25) is 5.88 Å². The third-order valence-electron chi connectivity index (χ3n) is 3.90. The number of ether oxygens (including phenoxy) is 1. The summed E-state index contributed by atoms with van der Waals surface area (Å²) < 4.78 is 5.94. The average Bonchev–Trinajstić information content (AvgIpc) is 3.23. The summed E-state index contributed by atoms with van der Waals surface area (Å²) in [6.45, 7) is 5.86. The SMILES string of the molecule is CCNC(=NCC1CC1)N1CCC(Oc2ccccn2)C1.I. The maximum absolute atomic E-state index is 5.94. The number of aromatic nitrogens is 1. The molecule has 1 saturated carbocycles. The van der Waals surface area contributed by atoms with Crippen LogP contribution in [0.3, 0.4) is 0 Å². The van der Waals surface area contributed by atoms with Gasteiger partial charge in [-0.25, -0.2) is 4.98 Å². The first-order chi connectivity index (χ1) is 10.3. The van der Waals surface area contributed by atoms with Crippen LogP contribution in [0.25, 0.3) is 0 Å². The van der Waals surface area contributed by atoms with Crippen LogP contribution in [0.1, 0.15) is 26.2 Å². The summed E-state index contributed by atoms with van der Waals surface area (Å²) in [5, 5.41) is 3.40. The highest BCUT2D eigenvalue weighted by Crippen LogP contribution is 2.29. The second kappa shape index (κ2) is 8.55. The van der Waals surface area contributed by atoms with E-state index in [1.807, 2.05) is 18.2 Å². The molecule has 1 N–H and O–H groups in total. The minimum absolute atomic E-state index is 0. The smallest absolute Gasteiger partial charge is 0.213 e. The van der Waals surface area contributed by atoms with E-state index >= 15 is 0 Å². The van der Waals surface area contributed by atoms with Gasteiger partial charge in [-0.05, 0) is 31.7 Å². The lowest BCUT2D eigenvalue weighted by Gasteiger charge is -2.21. The van der Waals surface area contributed by atoms with Crippen molar-refractivity contribution in [3.63, 3.8) is 0 Å². The molecule has 2 aliphatic rings. The van der Waals surface area contributed by atoms with Crippen LogP contribution in [0.2, 0.25) is 0 Å². The van der Waals surface area contributed by atoms with Gasteiger partial charge in [0, 0.05) is 38.3 Å². The molecular weight excluding hydrogens is 391 g/mol. The van der Waals surface area contributed by atoms with Crippen LogP contribution in [0.4, 0.5) is 0 Å². The normalized spacial score (nSPS) is 21.4. The largest absolute Gasteiger partial charge is 0.472 e. The van der Waals surface area contributed by atoms with Gasteiger partial charge in [0.1, 0.15) is 6.10 Å². The van der Waals surface area contributed by atoms with Crippen LogP contribution in [-0.4, -0.2) is 48.1 Å². The average molecular weight is 416 g/mol. The third kappa shape index (κ3) is 5.00. The van der Waals surface area contributed by atoms with Gasteiger partial charge in [-0.1, -0.05) is 6.07 Å². The maximum atomic E-state index is 5.94. The summed E-state index contributed by atoms with van der Waals surface area (Å²) in [6.07, 6.45) is 5.67. The second-order valence-corrected chi connectivity index (χ2v) is 5.78. The van der Waals surface area contributed by atoms with E-state index in [9.17, 15) is 0 Å². The number of pyridine rings is 1. The van der Waals surface area contributed by atoms with E-state index in [0.717, 1.165) is 44.5 Å². The number of hydrogen-bond acceptors (Lipinski definition) is 3. The Morgan fingerprint density at radius 3 is 2.95 bits per heavy atom. The Morgan fingerprint density at radius 2 is 2.27 bits per heavy atom. The van der Waals surface area contributed by atoms with Crippen LogP contribution in [0.15, 0.2) is 29.4 Å². The monoisotopic (exact) mass is 416 g/mol. The van der Waals surface area contributed by atoms with E-state index in [1.54, 1.807) is 6.20 Å². The van der Waals surface area contributed by atoms with E-state index in [1.165, 1.54) is 12.8 Å². The number of aliphatic imine (C=N–C) groups is 1. The molecule has 1 aromatic rings. The molecule has 5 nitrogen and oxygen atoms in total. The molecule has 1 aliphatic heterocycles. The Kier molecular flexibility index (Phi) is 6.72. The Balaban J connectivity index is 0.00000176. The molecule has 0 bridgehead atoms. The first kappa shape index (κ1) is 17.3. The maximum Gasteiger partial charge on any atom is 0.213 e. The highest BCUT2D eigenvalue weighted by atomic mass is 127. The molecule has 1 aliphatic carbocycles. The molecule has 1 unspecified atom stereocenters. The number of nitrogens with one attached hydrogen (secondary N) is 1. The van der Waals surface area contributed by atoms with Gasteiger partial charge in [0.05, 0.1) is 6.54 Å². The number of rotatable bonds is 5. The van der Waals surface area contributed by atoms with Crippen molar-refractivity contribution >= 4 is 29.9 Å². The third-order valence-corrected chi connectivity index (χ3v) is 3.90. The molecule has 0 spiro atoms. The summed E-state index contributed by atoms with van der Waals surface area (Å²) in [5.41, 5.74) is 0. The molecule has 22 heavy (non-hydrogen) atoms. The first-order valence-electron chi connectivity index (χ1n) is 7.96. The lowest BCUT2D eigenvalue weighted by molar-refractivity contribution is 0.205. The van der Waals surface area contributed by atoms with Crippen molar-refractivity contribution in [2.45, 2.75) is 32.3 Å². The Hall–Kier alpha value is -1.05. The van der Waals surface area contributed by atoms with Crippen LogP contribution < -0.4 is 10.1 Å². The zero-order chi connectivity index (χ0) is 14.5. The van der Waals surface area contributed by atoms with Crippen molar-refractivity contribution in [3.05, 3.63) is 24.4 Å². The van der Waals surface area contributed by atoms with E-state index < -0.39 is 0 Å². The lowest BCUT2D eigenvalue weighted by atomic mass is 10.3. The molecule has 2 heterocycles. The van der Waals surface area contributed by atoms with Crippen molar-refractivity contribution < 1.29 is 4.74 Å². The Morgan fingerprint density at radius 1 is 1.41 bits per heavy atom. The van der Waals surface area contributed by atoms with Gasteiger partial charge < -0.3 is 15.0 Å². The molecule has 6 heteroatoms. The lowest BCUT2D eigenvalue weighted by Crippen LogP contribution is -2.41.